The molecule has 0 spiro atoms. The minimum Gasteiger partial charge on any atom is -0.461 e. The highest BCUT2D eigenvalue weighted by molar-refractivity contribution is 7.98. The van der Waals surface area contributed by atoms with Crippen molar-refractivity contribution in [3.8, 4) is 0 Å². The summed E-state index contributed by atoms with van der Waals surface area (Å²) in [5.74, 6) is 0.771. The third-order valence-corrected chi connectivity index (χ3v) is 4.52. The minimum absolute atomic E-state index is 0.314. The number of carbonyl (C=O) groups is 2. The Morgan fingerprint density at radius 2 is 1.96 bits per heavy atom. The van der Waals surface area contributed by atoms with Crippen LogP contribution in [0.3, 0.4) is 0 Å². The molecule has 1 aliphatic rings. The Labute approximate surface area is 147 Å². The number of thioether (sulfide) groups is 1. The first-order valence-corrected chi connectivity index (χ1v) is 9.37. The van der Waals surface area contributed by atoms with Gasteiger partial charge in [0.25, 0.3) is 0 Å². The number of carbonyl (C=O) groups excluding carboxylic acids is 2. The molecule has 1 aromatic carbocycles. The van der Waals surface area contributed by atoms with Gasteiger partial charge in [-0.15, -0.1) is 0 Å². The highest BCUT2D eigenvalue weighted by Gasteiger charge is 2.32. The van der Waals surface area contributed by atoms with E-state index in [0.29, 0.717) is 23.8 Å². The fourth-order valence-corrected chi connectivity index (χ4v) is 2.83. The molecular weight excluding hydrogens is 324 g/mol. The third kappa shape index (κ3) is 4.32. The Bertz CT molecular complexity index is 638. The fourth-order valence-electron chi connectivity index (χ4n) is 2.58. The molecule has 0 unspecified atom stereocenters. The second-order valence-electron chi connectivity index (χ2n) is 6.02. The zero-order valence-electron chi connectivity index (χ0n) is 14.5. The van der Waals surface area contributed by atoms with E-state index in [1.54, 1.807) is 18.7 Å². The smallest absolute Gasteiger partial charge is 0.338 e. The number of hydrogen-bond donors (Lipinski definition) is 2. The first-order chi connectivity index (χ1) is 11.4. The topological polar surface area (TPSA) is 67.4 Å². The summed E-state index contributed by atoms with van der Waals surface area (Å²) in [5.41, 5.74) is 3.06. The van der Waals surface area contributed by atoms with E-state index in [0.717, 1.165) is 11.3 Å². The highest BCUT2D eigenvalue weighted by atomic mass is 32.2. The van der Waals surface area contributed by atoms with Gasteiger partial charge in [0.15, 0.2) is 0 Å². The highest BCUT2D eigenvalue weighted by Crippen LogP contribution is 2.28. The Balaban J connectivity index is 2.28. The van der Waals surface area contributed by atoms with Crippen molar-refractivity contribution in [2.75, 3.05) is 18.6 Å². The van der Waals surface area contributed by atoms with E-state index in [1.807, 2.05) is 30.5 Å². The van der Waals surface area contributed by atoms with Gasteiger partial charge < -0.3 is 15.4 Å². The Hall–Kier alpha value is -1.95. The van der Waals surface area contributed by atoms with Crippen molar-refractivity contribution in [3.05, 3.63) is 46.7 Å². The molecule has 24 heavy (non-hydrogen) atoms. The molecule has 0 aliphatic carbocycles. The molecule has 0 aromatic heterocycles. The summed E-state index contributed by atoms with van der Waals surface area (Å²) in [6.07, 6.45) is 1.96. The van der Waals surface area contributed by atoms with Crippen LogP contribution in [-0.4, -0.2) is 30.6 Å². The average molecular weight is 348 g/mol. The molecule has 1 atom stereocenters. The van der Waals surface area contributed by atoms with Gasteiger partial charge in [-0.3, -0.25) is 0 Å². The molecule has 1 aromatic rings. The van der Waals surface area contributed by atoms with Crippen LogP contribution < -0.4 is 10.6 Å². The van der Waals surface area contributed by atoms with Crippen LogP contribution in [0.4, 0.5) is 4.79 Å². The monoisotopic (exact) mass is 348 g/mol. The molecule has 0 saturated heterocycles. The van der Waals surface area contributed by atoms with Gasteiger partial charge in [-0.2, -0.15) is 11.8 Å². The van der Waals surface area contributed by atoms with Crippen LogP contribution in [0.2, 0.25) is 0 Å². The molecule has 0 bridgehead atoms. The predicted octanol–water partition coefficient (Wildman–Crippen LogP) is 3.34. The number of benzene rings is 1. The van der Waals surface area contributed by atoms with Crippen LogP contribution in [0, 0.1) is 0 Å². The van der Waals surface area contributed by atoms with Crippen LogP contribution in [-0.2, 0) is 9.53 Å². The van der Waals surface area contributed by atoms with Crippen LogP contribution in [0.25, 0.3) is 0 Å². The molecule has 1 aliphatic heterocycles. The lowest BCUT2D eigenvalue weighted by Gasteiger charge is -2.28. The largest absolute Gasteiger partial charge is 0.461 e. The predicted molar refractivity (Wildman–Crippen MR) is 97.0 cm³/mol. The van der Waals surface area contributed by atoms with Gasteiger partial charge in [-0.25, -0.2) is 9.59 Å². The Morgan fingerprint density at radius 1 is 1.29 bits per heavy atom. The molecular formula is C18H24N2O3S. The number of urea groups is 1. The van der Waals surface area contributed by atoms with Crippen molar-refractivity contribution in [1.82, 2.24) is 10.6 Å². The van der Waals surface area contributed by atoms with E-state index >= 15 is 0 Å². The Kier molecular flexibility index (Phi) is 6.31. The fraction of sp³-hybridized carbons (Fsp3) is 0.444. The molecule has 2 rings (SSSR count). The maximum Gasteiger partial charge on any atom is 0.338 e. The van der Waals surface area contributed by atoms with Crippen molar-refractivity contribution < 1.29 is 14.3 Å². The molecule has 130 valence electrons. The molecule has 2 amide bonds. The Morgan fingerprint density at radius 3 is 2.54 bits per heavy atom. The van der Waals surface area contributed by atoms with Crippen molar-refractivity contribution >= 4 is 23.8 Å². The van der Waals surface area contributed by atoms with E-state index < -0.39 is 12.0 Å². The summed E-state index contributed by atoms with van der Waals surface area (Å²) >= 11 is 1.61. The summed E-state index contributed by atoms with van der Waals surface area (Å²) in [7, 11) is 0. The molecule has 5 nitrogen and oxygen atoms in total. The molecule has 2 N–H and O–H groups in total. The summed E-state index contributed by atoms with van der Waals surface area (Å²) in [5, 5.41) is 5.47. The lowest BCUT2D eigenvalue weighted by atomic mass is 9.93. The van der Waals surface area contributed by atoms with Crippen LogP contribution in [0.1, 0.15) is 43.9 Å². The SMILES string of the molecule is CSCCOC(=O)C1=C(C)NC(=O)N[C@@H]1c1ccc(C(C)C)cc1. The minimum atomic E-state index is -0.498. The molecule has 0 fully saturated rings. The zero-order valence-corrected chi connectivity index (χ0v) is 15.3. The number of amides is 2. The third-order valence-electron chi connectivity index (χ3n) is 3.95. The second-order valence-corrected chi connectivity index (χ2v) is 7.01. The van der Waals surface area contributed by atoms with E-state index in [4.69, 9.17) is 4.74 Å². The zero-order chi connectivity index (χ0) is 17.7. The van der Waals surface area contributed by atoms with Gasteiger partial charge in [0.1, 0.15) is 6.61 Å². The van der Waals surface area contributed by atoms with Crippen LogP contribution in [0.15, 0.2) is 35.5 Å². The lowest BCUT2D eigenvalue weighted by Crippen LogP contribution is -2.45. The number of esters is 1. The first-order valence-electron chi connectivity index (χ1n) is 7.98. The standard InChI is InChI=1S/C18H24N2O3S/c1-11(2)13-5-7-14(8-6-13)16-15(12(3)19-18(22)20-16)17(21)23-9-10-24-4/h5-8,11,16H,9-10H2,1-4H3,(H2,19,20,22)/t16-/m1/s1. The van der Waals surface area contributed by atoms with E-state index in [2.05, 4.69) is 24.5 Å². The summed E-state index contributed by atoms with van der Waals surface area (Å²) in [6, 6.07) is 7.15. The second kappa shape index (κ2) is 8.24. The number of ether oxygens (including phenoxy) is 1. The first kappa shape index (κ1) is 18.4. The van der Waals surface area contributed by atoms with Gasteiger partial charge in [0, 0.05) is 11.4 Å². The van der Waals surface area contributed by atoms with Gasteiger partial charge in [0.05, 0.1) is 11.6 Å². The summed E-state index contributed by atoms with van der Waals surface area (Å²) < 4.78 is 5.33. The molecule has 0 radical (unpaired) electrons. The van der Waals surface area contributed by atoms with Crippen molar-refractivity contribution in [3.63, 3.8) is 0 Å². The van der Waals surface area contributed by atoms with Crippen molar-refractivity contribution in [1.29, 1.82) is 0 Å². The summed E-state index contributed by atoms with van der Waals surface area (Å²) in [6.45, 7) is 6.32. The van der Waals surface area contributed by atoms with E-state index in [9.17, 15) is 9.59 Å². The molecule has 6 heteroatoms. The maximum absolute atomic E-state index is 12.5. The van der Waals surface area contributed by atoms with Crippen molar-refractivity contribution in [2.24, 2.45) is 0 Å². The number of nitrogens with one attached hydrogen (secondary N) is 2. The normalized spacial score (nSPS) is 17.5. The van der Waals surface area contributed by atoms with Crippen molar-refractivity contribution in [2.45, 2.75) is 32.7 Å². The molecule has 0 saturated carbocycles. The van der Waals surface area contributed by atoms with Gasteiger partial charge >= 0.3 is 12.0 Å². The lowest BCUT2D eigenvalue weighted by molar-refractivity contribution is -0.138. The average Bonchev–Trinajstić information content (AvgIpc) is 2.54. The summed E-state index contributed by atoms with van der Waals surface area (Å²) in [4.78, 5) is 24.3. The van der Waals surface area contributed by atoms with Crippen LogP contribution in [0.5, 0.6) is 0 Å². The number of allylic oxidation sites excluding steroid dienone is 1. The number of hydrogen-bond acceptors (Lipinski definition) is 4. The van der Waals surface area contributed by atoms with Gasteiger partial charge in [-0.05, 0) is 30.2 Å². The van der Waals surface area contributed by atoms with Gasteiger partial charge in [0.2, 0.25) is 0 Å². The van der Waals surface area contributed by atoms with Crippen LogP contribution >= 0.6 is 11.8 Å². The molecule has 1 heterocycles. The van der Waals surface area contributed by atoms with E-state index in [1.165, 1.54) is 5.56 Å². The number of rotatable bonds is 6. The van der Waals surface area contributed by atoms with E-state index in [-0.39, 0.29) is 6.03 Å². The maximum atomic E-state index is 12.5. The van der Waals surface area contributed by atoms with Gasteiger partial charge in [-0.1, -0.05) is 38.1 Å². The quantitative estimate of drug-likeness (QED) is 0.611.